The van der Waals surface area contributed by atoms with E-state index in [0.29, 0.717) is 23.6 Å². The summed E-state index contributed by atoms with van der Waals surface area (Å²) in [5.41, 5.74) is 2.20. The van der Waals surface area contributed by atoms with Crippen molar-refractivity contribution in [3.8, 4) is 5.75 Å². The molecule has 9 heteroatoms. The number of hydrogen-bond acceptors (Lipinski definition) is 8. The predicted octanol–water partition coefficient (Wildman–Crippen LogP) is 1.37. The van der Waals surface area contributed by atoms with Gasteiger partial charge in [-0.1, -0.05) is 29.8 Å². The molecule has 2 saturated heterocycles. The van der Waals surface area contributed by atoms with Crippen LogP contribution in [0.15, 0.2) is 42.5 Å². The van der Waals surface area contributed by atoms with Gasteiger partial charge in [-0.3, -0.25) is 0 Å². The summed E-state index contributed by atoms with van der Waals surface area (Å²) in [5, 5.41) is 40.9. The summed E-state index contributed by atoms with van der Waals surface area (Å²) >= 11 is 6.45. The van der Waals surface area contributed by atoms with E-state index >= 15 is 0 Å². The Morgan fingerprint density at radius 3 is 2.58 bits per heavy atom. The van der Waals surface area contributed by atoms with Crippen molar-refractivity contribution in [1.82, 2.24) is 0 Å². The van der Waals surface area contributed by atoms with Gasteiger partial charge in [-0.15, -0.1) is 0 Å². The van der Waals surface area contributed by atoms with E-state index in [0.717, 1.165) is 29.9 Å². The number of aliphatic hydroxyl groups excluding tert-OH is 4. The molecular formula is C24H29ClO8. The van der Waals surface area contributed by atoms with E-state index in [9.17, 15) is 20.4 Å². The second-order valence-corrected chi connectivity index (χ2v) is 8.78. The first kappa shape index (κ1) is 24.4. The minimum absolute atomic E-state index is 0.0774. The number of ether oxygens (including phenoxy) is 4. The van der Waals surface area contributed by atoms with Gasteiger partial charge in [-0.2, -0.15) is 0 Å². The molecule has 2 aliphatic rings. The van der Waals surface area contributed by atoms with Crippen LogP contribution in [0.5, 0.6) is 5.75 Å². The fraction of sp³-hybridized carbons (Fsp3) is 0.500. The molecule has 6 atom stereocenters. The van der Waals surface area contributed by atoms with Crippen LogP contribution in [0.1, 0.15) is 23.1 Å². The van der Waals surface area contributed by atoms with Crippen LogP contribution in [0.25, 0.3) is 0 Å². The van der Waals surface area contributed by atoms with Crippen LogP contribution in [-0.4, -0.2) is 77.9 Å². The Labute approximate surface area is 197 Å². The SMILES string of the molecule is CO[C@@]1(c2ccc(Cl)c(Cc3ccc(O[C@H]4CCOC4)cc3)c2)O[C@@H]([C@H](O)CO)[C@H](O)[C@H]1O. The highest BCUT2D eigenvalue weighted by Crippen LogP contribution is 2.42. The normalized spacial score (nSPS) is 30.5. The van der Waals surface area contributed by atoms with E-state index in [1.165, 1.54) is 7.11 Å². The molecule has 0 saturated carbocycles. The summed E-state index contributed by atoms with van der Waals surface area (Å²) in [6.45, 7) is 0.688. The minimum atomic E-state index is -1.72. The molecule has 0 radical (unpaired) electrons. The van der Waals surface area contributed by atoms with Gasteiger partial charge in [0.15, 0.2) is 0 Å². The van der Waals surface area contributed by atoms with E-state index in [2.05, 4.69) is 0 Å². The Kier molecular flexibility index (Phi) is 7.57. The van der Waals surface area contributed by atoms with Gasteiger partial charge in [0, 0.05) is 24.1 Å². The Morgan fingerprint density at radius 1 is 1.18 bits per heavy atom. The molecule has 2 aromatic rings. The lowest BCUT2D eigenvalue weighted by Gasteiger charge is -2.31. The molecule has 0 unspecified atom stereocenters. The summed E-state index contributed by atoms with van der Waals surface area (Å²) < 4.78 is 22.5. The Balaban J connectivity index is 1.55. The van der Waals surface area contributed by atoms with Crippen molar-refractivity contribution in [1.29, 1.82) is 0 Å². The third-order valence-corrected chi connectivity index (χ3v) is 6.56. The monoisotopic (exact) mass is 480 g/mol. The average molecular weight is 481 g/mol. The van der Waals surface area contributed by atoms with Crippen molar-refractivity contribution in [2.45, 2.75) is 49.1 Å². The summed E-state index contributed by atoms with van der Waals surface area (Å²) in [6, 6.07) is 12.8. The molecule has 0 aromatic heterocycles. The maximum atomic E-state index is 10.7. The molecule has 0 amide bonds. The van der Waals surface area contributed by atoms with Crippen molar-refractivity contribution in [2.24, 2.45) is 0 Å². The van der Waals surface area contributed by atoms with Crippen LogP contribution in [0, 0.1) is 0 Å². The molecule has 0 aliphatic carbocycles. The summed E-state index contributed by atoms with van der Waals surface area (Å²) in [7, 11) is 1.34. The number of benzene rings is 2. The van der Waals surface area contributed by atoms with Gasteiger partial charge >= 0.3 is 0 Å². The zero-order valence-electron chi connectivity index (χ0n) is 18.3. The van der Waals surface area contributed by atoms with Crippen LogP contribution in [0.2, 0.25) is 5.02 Å². The maximum absolute atomic E-state index is 10.7. The average Bonchev–Trinajstić information content (AvgIpc) is 3.43. The largest absolute Gasteiger partial charge is 0.488 e. The van der Waals surface area contributed by atoms with Crippen LogP contribution < -0.4 is 4.74 Å². The fourth-order valence-electron chi connectivity index (χ4n) is 4.31. The smallest absolute Gasteiger partial charge is 0.224 e. The number of methoxy groups -OCH3 is 1. The molecule has 4 rings (SSSR count). The first-order valence-electron chi connectivity index (χ1n) is 10.9. The Morgan fingerprint density at radius 2 is 1.94 bits per heavy atom. The van der Waals surface area contributed by atoms with Gasteiger partial charge in [0.05, 0.1) is 19.8 Å². The van der Waals surface area contributed by atoms with Crippen LogP contribution in [0.4, 0.5) is 0 Å². The van der Waals surface area contributed by atoms with E-state index in [1.807, 2.05) is 24.3 Å². The lowest BCUT2D eigenvalue weighted by molar-refractivity contribution is -0.263. The quantitative estimate of drug-likeness (QED) is 0.447. The molecule has 0 bridgehead atoms. The van der Waals surface area contributed by atoms with Crippen molar-refractivity contribution in [3.05, 3.63) is 64.2 Å². The van der Waals surface area contributed by atoms with Crippen molar-refractivity contribution in [3.63, 3.8) is 0 Å². The van der Waals surface area contributed by atoms with Gasteiger partial charge < -0.3 is 39.4 Å². The second-order valence-electron chi connectivity index (χ2n) is 8.37. The molecule has 2 fully saturated rings. The van der Waals surface area contributed by atoms with E-state index in [1.54, 1.807) is 18.2 Å². The van der Waals surface area contributed by atoms with E-state index in [4.69, 9.17) is 30.5 Å². The van der Waals surface area contributed by atoms with Gasteiger partial charge in [0.2, 0.25) is 5.79 Å². The van der Waals surface area contributed by atoms with Crippen LogP contribution in [0.3, 0.4) is 0 Å². The highest BCUT2D eigenvalue weighted by atomic mass is 35.5. The number of rotatable bonds is 8. The van der Waals surface area contributed by atoms with Gasteiger partial charge in [-0.25, -0.2) is 0 Å². The third-order valence-electron chi connectivity index (χ3n) is 6.19. The zero-order valence-corrected chi connectivity index (χ0v) is 19.0. The lowest BCUT2D eigenvalue weighted by Crippen LogP contribution is -2.43. The van der Waals surface area contributed by atoms with Gasteiger partial charge in [0.25, 0.3) is 0 Å². The van der Waals surface area contributed by atoms with Crippen LogP contribution >= 0.6 is 11.6 Å². The molecule has 2 heterocycles. The summed E-state index contributed by atoms with van der Waals surface area (Å²) in [5.74, 6) is -0.946. The van der Waals surface area contributed by atoms with Crippen molar-refractivity contribution in [2.75, 3.05) is 26.9 Å². The lowest BCUT2D eigenvalue weighted by atomic mass is 9.94. The van der Waals surface area contributed by atoms with E-state index in [-0.39, 0.29) is 6.10 Å². The third kappa shape index (κ3) is 4.89. The first-order valence-corrected chi connectivity index (χ1v) is 11.3. The molecule has 33 heavy (non-hydrogen) atoms. The van der Waals surface area contributed by atoms with Crippen molar-refractivity contribution < 1.29 is 39.4 Å². The fourth-order valence-corrected chi connectivity index (χ4v) is 4.50. The van der Waals surface area contributed by atoms with Crippen LogP contribution in [-0.2, 0) is 26.4 Å². The molecule has 8 nitrogen and oxygen atoms in total. The van der Waals surface area contributed by atoms with Crippen molar-refractivity contribution >= 4 is 11.6 Å². The summed E-state index contributed by atoms with van der Waals surface area (Å²) in [4.78, 5) is 0. The molecule has 4 N–H and O–H groups in total. The molecule has 2 aromatic carbocycles. The number of halogens is 1. The maximum Gasteiger partial charge on any atom is 0.224 e. The summed E-state index contributed by atoms with van der Waals surface area (Å²) in [6.07, 6.45) is -4.08. The Bertz CT molecular complexity index is 933. The molecule has 2 aliphatic heterocycles. The molecular weight excluding hydrogens is 452 g/mol. The Hall–Kier alpha value is -1.75. The molecule has 180 valence electrons. The minimum Gasteiger partial charge on any atom is -0.488 e. The topological polar surface area (TPSA) is 118 Å². The number of aliphatic hydroxyl groups is 4. The highest BCUT2D eigenvalue weighted by molar-refractivity contribution is 6.31. The van der Waals surface area contributed by atoms with Gasteiger partial charge in [0.1, 0.15) is 36.3 Å². The predicted molar refractivity (Wildman–Crippen MR) is 119 cm³/mol. The van der Waals surface area contributed by atoms with Gasteiger partial charge in [-0.05, 0) is 41.8 Å². The highest BCUT2D eigenvalue weighted by Gasteiger charge is 2.57. The molecule has 0 spiro atoms. The zero-order chi connectivity index (χ0) is 23.6. The first-order chi connectivity index (χ1) is 15.9. The standard InChI is InChI=1S/C24H29ClO8/c1-30-24(23(29)21(28)22(33-24)20(27)12-26)16-4-7-19(25)15(11-16)10-14-2-5-17(6-3-14)32-18-8-9-31-13-18/h2-7,11,18,20-23,26-29H,8-10,12-13H2,1H3/t18-,20+,21-,22-,23+,24-/m0/s1. The van der Waals surface area contributed by atoms with E-state index < -0.39 is 36.8 Å². The second kappa shape index (κ2) is 10.2. The number of hydrogen-bond donors (Lipinski definition) is 4.